The Kier molecular flexibility index (Phi) is 5.78. The molecule has 0 spiro atoms. The lowest BCUT2D eigenvalue weighted by Crippen LogP contribution is -2.22. The fourth-order valence-corrected chi connectivity index (χ4v) is 3.30. The third-order valence-electron chi connectivity index (χ3n) is 4.62. The van der Waals surface area contributed by atoms with Crippen LogP contribution in [0.4, 0.5) is 0 Å². The van der Waals surface area contributed by atoms with E-state index in [2.05, 4.69) is 23.0 Å². The minimum Gasteiger partial charge on any atom is -0.493 e. The highest BCUT2D eigenvalue weighted by molar-refractivity contribution is 5.75. The standard InChI is InChI=1S/C19H25N3O4/c1-3-14-10-17(26-21-14)15-5-4-8-22(15)11-13-6-7-16(18(9-13)24-2)25-12-19(20)23/h6-7,9-10,15H,3-5,8,11-12H2,1-2H3,(H2,20,23). The highest BCUT2D eigenvalue weighted by Gasteiger charge is 2.29. The molecular weight excluding hydrogens is 334 g/mol. The van der Waals surface area contributed by atoms with Gasteiger partial charge in [-0.05, 0) is 43.5 Å². The van der Waals surface area contributed by atoms with Crippen molar-refractivity contribution in [1.29, 1.82) is 0 Å². The van der Waals surface area contributed by atoms with E-state index >= 15 is 0 Å². The fraction of sp³-hybridized carbons (Fsp3) is 0.474. The van der Waals surface area contributed by atoms with Gasteiger partial charge in [0.25, 0.3) is 5.91 Å². The first-order valence-electron chi connectivity index (χ1n) is 8.88. The van der Waals surface area contributed by atoms with Crippen molar-refractivity contribution in [2.45, 2.75) is 38.8 Å². The largest absolute Gasteiger partial charge is 0.493 e. The fourth-order valence-electron chi connectivity index (χ4n) is 3.30. The van der Waals surface area contributed by atoms with Gasteiger partial charge in [-0.3, -0.25) is 9.69 Å². The van der Waals surface area contributed by atoms with Crippen LogP contribution < -0.4 is 15.2 Å². The number of carbonyl (C=O) groups excluding carboxylic acids is 1. The summed E-state index contributed by atoms with van der Waals surface area (Å²) in [6.45, 7) is 3.69. The molecule has 7 nitrogen and oxygen atoms in total. The van der Waals surface area contributed by atoms with E-state index in [0.717, 1.165) is 49.4 Å². The van der Waals surface area contributed by atoms with Crippen LogP contribution in [0.2, 0.25) is 0 Å². The SMILES string of the molecule is CCc1cc(C2CCCN2Cc2ccc(OCC(N)=O)c(OC)c2)on1. The van der Waals surface area contributed by atoms with Crippen molar-refractivity contribution in [2.75, 3.05) is 20.3 Å². The number of hydrogen-bond acceptors (Lipinski definition) is 6. The molecule has 1 saturated heterocycles. The Morgan fingerprint density at radius 2 is 2.23 bits per heavy atom. The van der Waals surface area contributed by atoms with Crippen LogP contribution >= 0.6 is 0 Å². The first-order chi connectivity index (χ1) is 12.6. The van der Waals surface area contributed by atoms with E-state index in [1.807, 2.05) is 18.2 Å². The number of aromatic nitrogens is 1. The Labute approximate surface area is 153 Å². The molecule has 2 aromatic rings. The Bertz CT molecular complexity index is 759. The maximum atomic E-state index is 10.9. The smallest absolute Gasteiger partial charge is 0.255 e. The van der Waals surface area contributed by atoms with Crippen molar-refractivity contribution in [3.05, 3.63) is 41.3 Å². The molecule has 140 valence electrons. The van der Waals surface area contributed by atoms with Crippen LogP contribution in [0.1, 0.15) is 42.8 Å². The molecule has 0 radical (unpaired) electrons. The van der Waals surface area contributed by atoms with Crippen molar-refractivity contribution >= 4 is 5.91 Å². The van der Waals surface area contributed by atoms with Gasteiger partial charge in [0.2, 0.25) is 0 Å². The molecule has 1 aliphatic rings. The molecule has 0 bridgehead atoms. The summed E-state index contributed by atoms with van der Waals surface area (Å²) in [4.78, 5) is 13.3. The number of carbonyl (C=O) groups is 1. The third-order valence-corrected chi connectivity index (χ3v) is 4.62. The number of primary amides is 1. The molecule has 0 saturated carbocycles. The summed E-state index contributed by atoms with van der Waals surface area (Å²) in [6, 6.07) is 8.03. The number of benzene rings is 1. The Morgan fingerprint density at radius 3 is 2.92 bits per heavy atom. The van der Waals surface area contributed by atoms with Crippen LogP contribution in [-0.4, -0.2) is 36.2 Å². The van der Waals surface area contributed by atoms with E-state index in [1.54, 1.807) is 7.11 Å². The molecule has 1 fully saturated rings. The summed E-state index contributed by atoms with van der Waals surface area (Å²) in [7, 11) is 1.58. The van der Waals surface area contributed by atoms with E-state index in [9.17, 15) is 4.79 Å². The van der Waals surface area contributed by atoms with Gasteiger partial charge in [0.05, 0.1) is 18.8 Å². The van der Waals surface area contributed by atoms with Crippen molar-refractivity contribution < 1.29 is 18.8 Å². The maximum absolute atomic E-state index is 10.9. The summed E-state index contributed by atoms with van der Waals surface area (Å²) in [6.07, 6.45) is 3.07. The normalized spacial score (nSPS) is 17.4. The summed E-state index contributed by atoms with van der Waals surface area (Å²) in [5.41, 5.74) is 7.22. The van der Waals surface area contributed by atoms with E-state index < -0.39 is 5.91 Å². The number of ether oxygens (including phenoxy) is 2. The zero-order chi connectivity index (χ0) is 18.5. The van der Waals surface area contributed by atoms with Crippen LogP contribution in [0.5, 0.6) is 11.5 Å². The minimum atomic E-state index is -0.519. The van der Waals surface area contributed by atoms with E-state index in [0.29, 0.717) is 11.5 Å². The third kappa shape index (κ3) is 4.16. The molecule has 26 heavy (non-hydrogen) atoms. The molecule has 0 aliphatic carbocycles. The number of rotatable bonds is 8. The van der Waals surface area contributed by atoms with Gasteiger partial charge in [-0.1, -0.05) is 18.1 Å². The van der Waals surface area contributed by atoms with Crippen LogP contribution in [0, 0.1) is 0 Å². The number of nitrogens with zero attached hydrogens (tertiary/aromatic N) is 2. The zero-order valence-electron chi connectivity index (χ0n) is 15.2. The van der Waals surface area contributed by atoms with Gasteiger partial charge in [-0.15, -0.1) is 0 Å². The number of likely N-dealkylation sites (tertiary alicyclic amines) is 1. The second kappa shape index (κ2) is 8.23. The summed E-state index contributed by atoms with van der Waals surface area (Å²) >= 11 is 0. The van der Waals surface area contributed by atoms with E-state index in [-0.39, 0.29) is 12.6 Å². The number of aryl methyl sites for hydroxylation is 1. The number of hydrogen-bond donors (Lipinski definition) is 1. The van der Waals surface area contributed by atoms with Gasteiger partial charge >= 0.3 is 0 Å². The van der Waals surface area contributed by atoms with Gasteiger partial charge in [0, 0.05) is 12.6 Å². The molecule has 1 unspecified atom stereocenters. The topological polar surface area (TPSA) is 90.8 Å². The van der Waals surface area contributed by atoms with Gasteiger partial charge in [-0.2, -0.15) is 0 Å². The summed E-state index contributed by atoms with van der Waals surface area (Å²) < 4.78 is 16.3. The molecule has 2 heterocycles. The Balaban J connectivity index is 1.71. The summed E-state index contributed by atoms with van der Waals surface area (Å²) in [5, 5.41) is 4.12. The lowest BCUT2D eigenvalue weighted by Gasteiger charge is -2.22. The molecule has 1 aliphatic heterocycles. The van der Waals surface area contributed by atoms with Crippen LogP contribution in [0.3, 0.4) is 0 Å². The first-order valence-corrected chi connectivity index (χ1v) is 8.88. The Morgan fingerprint density at radius 1 is 1.38 bits per heavy atom. The van der Waals surface area contributed by atoms with Crippen LogP contribution in [0.25, 0.3) is 0 Å². The van der Waals surface area contributed by atoms with E-state index in [4.69, 9.17) is 19.7 Å². The van der Waals surface area contributed by atoms with Crippen molar-refractivity contribution in [1.82, 2.24) is 10.1 Å². The Hall–Kier alpha value is -2.54. The molecule has 7 heteroatoms. The monoisotopic (exact) mass is 359 g/mol. The van der Waals surface area contributed by atoms with Gasteiger partial charge in [0.1, 0.15) is 0 Å². The number of nitrogens with two attached hydrogens (primary N) is 1. The van der Waals surface area contributed by atoms with Crippen molar-refractivity contribution in [2.24, 2.45) is 5.73 Å². The average molecular weight is 359 g/mol. The van der Waals surface area contributed by atoms with Crippen LogP contribution in [-0.2, 0) is 17.8 Å². The first kappa shape index (κ1) is 18.3. The average Bonchev–Trinajstić information content (AvgIpc) is 3.29. The van der Waals surface area contributed by atoms with Gasteiger partial charge in [0.15, 0.2) is 23.9 Å². The molecule has 1 aromatic heterocycles. The number of amides is 1. The zero-order valence-corrected chi connectivity index (χ0v) is 15.2. The molecule has 2 N–H and O–H groups in total. The quantitative estimate of drug-likeness (QED) is 0.778. The highest BCUT2D eigenvalue weighted by atomic mass is 16.5. The molecule has 1 amide bonds. The maximum Gasteiger partial charge on any atom is 0.255 e. The van der Waals surface area contributed by atoms with Gasteiger partial charge < -0.3 is 19.7 Å². The van der Waals surface area contributed by atoms with Crippen LogP contribution in [0.15, 0.2) is 28.8 Å². The lowest BCUT2D eigenvalue weighted by atomic mass is 10.1. The van der Waals surface area contributed by atoms with E-state index in [1.165, 1.54) is 0 Å². The lowest BCUT2D eigenvalue weighted by molar-refractivity contribution is -0.119. The number of methoxy groups -OCH3 is 1. The molecule has 1 aromatic carbocycles. The van der Waals surface area contributed by atoms with Crippen molar-refractivity contribution in [3.8, 4) is 11.5 Å². The summed E-state index contributed by atoms with van der Waals surface area (Å²) in [5.74, 6) is 1.52. The minimum absolute atomic E-state index is 0.171. The predicted octanol–water partition coefficient (Wildman–Crippen LogP) is 2.45. The van der Waals surface area contributed by atoms with Crippen molar-refractivity contribution in [3.63, 3.8) is 0 Å². The second-order valence-electron chi connectivity index (χ2n) is 6.44. The molecule has 3 rings (SSSR count). The molecule has 1 atom stereocenters. The molecular formula is C19H25N3O4. The second-order valence-corrected chi connectivity index (χ2v) is 6.44. The van der Waals surface area contributed by atoms with Gasteiger partial charge in [-0.25, -0.2) is 0 Å². The predicted molar refractivity (Wildman–Crippen MR) is 95.9 cm³/mol. The highest BCUT2D eigenvalue weighted by Crippen LogP contribution is 2.35.